The summed E-state index contributed by atoms with van der Waals surface area (Å²) in [5, 5.41) is 18.5. The molecular formula is C20H15F5N4O3. The van der Waals surface area contributed by atoms with E-state index in [1.54, 1.807) is 18.2 Å². The third kappa shape index (κ3) is 5.07. The molecule has 0 aliphatic carbocycles. The summed E-state index contributed by atoms with van der Waals surface area (Å²) in [5.74, 6) is -2.51. The van der Waals surface area contributed by atoms with Gasteiger partial charge in [-0.05, 0) is 29.8 Å². The number of carboxylic acids is 1. The van der Waals surface area contributed by atoms with Crippen molar-refractivity contribution in [3.8, 4) is 5.69 Å². The molecule has 32 heavy (non-hydrogen) atoms. The van der Waals surface area contributed by atoms with Gasteiger partial charge in [-0.25, -0.2) is 13.5 Å². The normalized spacial score (nSPS) is 12.6. The maximum atomic E-state index is 13.7. The summed E-state index contributed by atoms with van der Waals surface area (Å²) < 4.78 is 66.5. The molecule has 1 aromatic heterocycles. The number of benzene rings is 2. The summed E-state index contributed by atoms with van der Waals surface area (Å²) >= 11 is 0. The largest absolute Gasteiger partial charge is 0.481 e. The van der Waals surface area contributed by atoms with Crippen LogP contribution in [0.4, 0.5) is 22.0 Å². The molecule has 1 amide bonds. The van der Waals surface area contributed by atoms with Crippen LogP contribution in [0.3, 0.4) is 0 Å². The van der Waals surface area contributed by atoms with Gasteiger partial charge in [0.25, 0.3) is 12.3 Å². The Hall–Kier alpha value is -3.83. The van der Waals surface area contributed by atoms with Crippen LogP contribution in [0.2, 0.25) is 0 Å². The van der Waals surface area contributed by atoms with Gasteiger partial charge in [-0.3, -0.25) is 9.59 Å². The lowest BCUT2D eigenvalue weighted by atomic mass is 10.0. The van der Waals surface area contributed by atoms with Crippen molar-refractivity contribution < 1.29 is 36.6 Å². The van der Waals surface area contributed by atoms with Gasteiger partial charge in [0.15, 0.2) is 5.69 Å². The van der Waals surface area contributed by atoms with E-state index in [0.717, 1.165) is 28.9 Å². The van der Waals surface area contributed by atoms with Gasteiger partial charge in [-0.15, -0.1) is 5.10 Å². The first-order chi connectivity index (χ1) is 15.1. The van der Waals surface area contributed by atoms with Crippen molar-refractivity contribution >= 4 is 11.9 Å². The quantitative estimate of drug-likeness (QED) is 0.523. The smallest absolute Gasteiger partial charge is 0.416 e. The molecule has 0 radical (unpaired) electrons. The summed E-state index contributed by atoms with van der Waals surface area (Å²) in [7, 11) is 0. The van der Waals surface area contributed by atoms with Gasteiger partial charge in [0.05, 0.1) is 23.7 Å². The van der Waals surface area contributed by atoms with E-state index in [2.05, 4.69) is 15.6 Å². The topological polar surface area (TPSA) is 97.1 Å². The van der Waals surface area contributed by atoms with E-state index in [0.29, 0.717) is 0 Å². The molecule has 1 heterocycles. The predicted molar refractivity (Wildman–Crippen MR) is 100 cm³/mol. The fourth-order valence-electron chi connectivity index (χ4n) is 2.96. The first kappa shape index (κ1) is 22.8. The fourth-order valence-corrected chi connectivity index (χ4v) is 2.96. The molecule has 12 heteroatoms. The molecule has 0 saturated carbocycles. The second kappa shape index (κ2) is 9.12. The summed E-state index contributed by atoms with van der Waals surface area (Å²) in [6.45, 7) is 0. The zero-order valence-corrected chi connectivity index (χ0v) is 16.1. The standard InChI is InChI=1S/C20H15F5N4O3/c21-18(22)17-16(27-28-29(17)13-4-2-1-3-5-13)19(32)26-14(10-15(30)31)11-6-8-12(9-7-11)20(23,24)25/h1-9,14,18H,10H2,(H,26,32)(H,30,31). The Balaban J connectivity index is 1.92. The van der Waals surface area contributed by atoms with E-state index in [4.69, 9.17) is 5.11 Å². The Morgan fingerprint density at radius 1 is 1.03 bits per heavy atom. The Kier molecular flexibility index (Phi) is 6.51. The molecule has 0 spiro atoms. The van der Waals surface area contributed by atoms with Gasteiger partial charge >= 0.3 is 12.1 Å². The molecule has 1 atom stereocenters. The minimum Gasteiger partial charge on any atom is -0.481 e. The maximum absolute atomic E-state index is 13.7. The Bertz CT molecular complexity index is 1100. The third-order valence-electron chi connectivity index (χ3n) is 4.45. The lowest BCUT2D eigenvalue weighted by molar-refractivity contribution is -0.138. The molecule has 2 N–H and O–H groups in total. The van der Waals surface area contributed by atoms with Crippen molar-refractivity contribution in [3.05, 3.63) is 77.1 Å². The molecule has 1 unspecified atom stereocenters. The van der Waals surface area contributed by atoms with Gasteiger partial charge in [0.1, 0.15) is 5.69 Å². The SMILES string of the molecule is O=C(O)CC(NC(=O)c1nnn(-c2ccccc2)c1C(F)F)c1ccc(C(F)(F)F)cc1. The highest BCUT2D eigenvalue weighted by Gasteiger charge is 2.32. The number of nitrogens with one attached hydrogen (secondary N) is 1. The zero-order chi connectivity index (χ0) is 23.5. The molecule has 3 rings (SSSR count). The zero-order valence-electron chi connectivity index (χ0n) is 16.1. The van der Waals surface area contributed by atoms with Crippen molar-refractivity contribution in [3.63, 3.8) is 0 Å². The molecule has 3 aromatic rings. The molecular weight excluding hydrogens is 439 g/mol. The minimum atomic E-state index is -4.60. The Morgan fingerprint density at radius 2 is 1.66 bits per heavy atom. The second-order valence-electron chi connectivity index (χ2n) is 6.62. The van der Waals surface area contributed by atoms with E-state index in [9.17, 15) is 31.5 Å². The van der Waals surface area contributed by atoms with Gasteiger partial charge in [0.2, 0.25) is 0 Å². The van der Waals surface area contributed by atoms with Gasteiger partial charge in [-0.1, -0.05) is 35.5 Å². The van der Waals surface area contributed by atoms with Crippen LogP contribution in [0, 0.1) is 0 Å². The lowest BCUT2D eigenvalue weighted by Crippen LogP contribution is -2.31. The summed E-state index contributed by atoms with van der Waals surface area (Å²) in [6.07, 6.45) is -8.45. The highest BCUT2D eigenvalue weighted by Crippen LogP contribution is 2.31. The number of halogens is 5. The number of aliphatic carboxylic acids is 1. The first-order valence-electron chi connectivity index (χ1n) is 9.07. The van der Waals surface area contributed by atoms with Gasteiger partial charge in [-0.2, -0.15) is 13.2 Å². The number of carboxylic acid groups (broad SMARTS) is 1. The number of amides is 1. The van der Waals surface area contributed by atoms with Gasteiger partial charge in [0, 0.05) is 0 Å². The minimum absolute atomic E-state index is 0.0443. The van der Waals surface area contributed by atoms with E-state index in [-0.39, 0.29) is 11.3 Å². The van der Waals surface area contributed by atoms with Crippen molar-refractivity contribution in [2.45, 2.75) is 25.1 Å². The van der Waals surface area contributed by atoms with Crippen LogP contribution in [0.25, 0.3) is 5.69 Å². The average Bonchev–Trinajstić information content (AvgIpc) is 3.19. The molecule has 0 fully saturated rings. The van der Waals surface area contributed by atoms with Crippen LogP contribution in [0.5, 0.6) is 0 Å². The molecule has 0 saturated heterocycles. The molecule has 2 aromatic carbocycles. The Morgan fingerprint density at radius 3 is 2.19 bits per heavy atom. The number of rotatable bonds is 7. The number of para-hydroxylation sites is 1. The Labute approximate surface area is 177 Å². The van der Waals surface area contributed by atoms with Crippen LogP contribution in [0.1, 0.15) is 46.2 Å². The predicted octanol–water partition coefficient (Wildman–Crippen LogP) is 4.17. The van der Waals surface area contributed by atoms with E-state index in [1.165, 1.54) is 12.1 Å². The fraction of sp³-hybridized carbons (Fsp3) is 0.200. The average molecular weight is 454 g/mol. The summed E-state index contributed by atoms with van der Waals surface area (Å²) in [4.78, 5) is 23.9. The monoisotopic (exact) mass is 454 g/mol. The number of aromatic nitrogens is 3. The molecule has 168 valence electrons. The number of nitrogens with zero attached hydrogens (tertiary/aromatic N) is 3. The molecule has 0 aliphatic heterocycles. The maximum Gasteiger partial charge on any atom is 0.416 e. The molecule has 0 bridgehead atoms. The van der Waals surface area contributed by atoms with Crippen LogP contribution >= 0.6 is 0 Å². The van der Waals surface area contributed by atoms with Crippen molar-refractivity contribution in [2.24, 2.45) is 0 Å². The third-order valence-corrected chi connectivity index (χ3v) is 4.45. The number of carbonyl (C=O) groups is 2. The van der Waals surface area contributed by atoms with Crippen LogP contribution in [0.15, 0.2) is 54.6 Å². The van der Waals surface area contributed by atoms with Crippen LogP contribution < -0.4 is 5.32 Å². The van der Waals surface area contributed by atoms with Crippen molar-refractivity contribution in [1.29, 1.82) is 0 Å². The van der Waals surface area contributed by atoms with Crippen molar-refractivity contribution in [1.82, 2.24) is 20.3 Å². The number of carbonyl (C=O) groups excluding carboxylic acids is 1. The lowest BCUT2D eigenvalue weighted by Gasteiger charge is -2.18. The molecule has 0 aliphatic rings. The first-order valence-corrected chi connectivity index (χ1v) is 9.07. The number of alkyl halides is 5. The van der Waals surface area contributed by atoms with E-state index in [1.807, 2.05) is 0 Å². The highest BCUT2D eigenvalue weighted by atomic mass is 19.4. The van der Waals surface area contributed by atoms with Gasteiger partial charge < -0.3 is 10.4 Å². The molecule has 7 nitrogen and oxygen atoms in total. The summed E-state index contributed by atoms with van der Waals surface area (Å²) in [5.41, 5.74) is -2.24. The highest BCUT2D eigenvalue weighted by molar-refractivity contribution is 5.94. The summed E-state index contributed by atoms with van der Waals surface area (Å²) in [6, 6.07) is 9.90. The van der Waals surface area contributed by atoms with Crippen molar-refractivity contribution in [2.75, 3.05) is 0 Å². The van der Waals surface area contributed by atoms with E-state index >= 15 is 0 Å². The van der Waals surface area contributed by atoms with E-state index < -0.39 is 53.9 Å². The van der Waals surface area contributed by atoms with Crippen LogP contribution in [-0.2, 0) is 11.0 Å². The van der Waals surface area contributed by atoms with Crippen LogP contribution in [-0.4, -0.2) is 32.0 Å². The second-order valence-corrected chi connectivity index (χ2v) is 6.62. The number of hydrogen-bond donors (Lipinski definition) is 2. The number of hydrogen-bond acceptors (Lipinski definition) is 4.